The smallest absolute Gasteiger partial charge is 0.347 e. The van der Waals surface area contributed by atoms with Gasteiger partial charge in [0.1, 0.15) is 5.88 Å². The average molecular weight is 282 g/mol. The molecule has 0 bridgehead atoms. The first-order valence-electron chi connectivity index (χ1n) is 3.95. The molecule has 0 aliphatic heterocycles. The second-order valence-corrected chi connectivity index (χ2v) is 6.36. The molecule has 0 aliphatic rings. The second-order valence-electron chi connectivity index (χ2n) is 2.61. The van der Waals surface area contributed by atoms with Crippen molar-refractivity contribution in [2.45, 2.75) is 19.5 Å². The largest absolute Gasteiger partial charge is 0.374 e. The molecule has 9 heteroatoms. The molecule has 2 N–H and O–H groups in total. The van der Waals surface area contributed by atoms with Gasteiger partial charge in [0.15, 0.2) is 0 Å². The monoisotopic (exact) mass is 281 g/mol. The molecule has 0 heterocycles. The molecule has 4 nitrogen and oxygen atoms in total. The third kappa shape index (κ3) is 7.14. The molecular formula is C6H11ClF2NO3PS. The molecule has 0 aromatic heterocycles. The molecule has 0 saturated carbocycles. The number of alkyl halides is 3. The molecule has 0 rings (SSSR count). The number of nitrogens with one attached hydrogen (secondary N) is 1. The molecule has 15 heavy (non-hydrogen) atoms. The molecule has 0 radical (unpaired) electrons. The third-order valence-electron chi connectivity index (χ3n) is 1.23. The minimum absolute atomic E-state index is 0.168. The maximum absolute atomic E-state index is 12.6. The number of carbonyl (C=O) groups excluding carboxylic acids is 1. The van der Waals surface area contributed by atoms with Crippen molar-refractivity contribution in [2.24, 2.45) is 0 Å². The van der Waals surface area contributed by atoms with Crippen LogP contribution in [0.4, 0.5) is 8.78 Å². The number of hydrogen-bond acceptors (Lipinski definition) is 3. The van der Waals surface area contributed by atoms with Crippen LogP contribution in [0.3, 0.4) is 0 Å². The van der Waals surface area contributed by atoms with Gasteiger partial charge in [-0.2, -0.15) is 8.78 Å². The fourth-order valence-corrected chi connectivity index (χ4v) is 2.15. The first-order chi connectivity index (χ1) is 6.72. The van der Waals surface area contributed by atoms with E-state index in [4.69, 9.17) is 11.6 Å². The van der Waals surface area contributed by atoms with E-state index in [1.807, 2.05) is 0 Å². The zero-order valence-corrected chi connectivity index (χ0v) is 10.3. The van der Waals surface area contributed by atoms with Crippen molar-refractivity contribution < 1.29 is 23.0 Å². The van der Waals surface area contributed by atoms with Crippen molar-refractivity contribution in [2.75, 3.05) is 12.2 Å². The van der Waals surface area contributed by atoms with E-state index in [2.05, 4.69) is 21.6 Å². The first kappa shape index (κ1) is 15.2. The van der Waals surface area contributed by atoms with Gasteiger partial charge in [0.2, 0.25) is 12.4 Å². The maximum Gasteiger partial charge on any atom is 0.374 e. The van der Waals surface area contributed by atoms with Crippen molar-refractivity contribution in [1.82, 2.24) is 5.32 Å². The van der Waals surface area contributed by atoms with Crippen LogP contribution in [0.1, 0.15) is 13.3 Å². The van der Waals surface area contributed by atoms with Crippen LogP contribution < -0.4 is 5.32 Å². The predicted molar refractivity (Wildman–Crippen MR) is 56.6 cm³/mol. The van der Waals surface area contributed by atoms with Crippen molar-refractivity contribution in [3.05, 3.63) is 0 Å². The highest BCUT2D eigenvalue weighted by atomic mass is 35.5. The van der Waals surface area contributed by atoms with Crippen molar-refractivity contribution in [3.63, 3.8) is 0 Å². The van der Waals surface area contributed by atoms with Gasteiger partial charge in [0.05, 0.1) is 6.29 Å². The van der Waals surface area contributed by atoms with Crippen molar-refractivity contribution in [3.8, 4) is 0 Å². The fourth-order valence-electron chi connectivity index (χ4n) is 0.578. The van der Waals surface area contributed by atoms with E-state index in [-0.39, 0.29) is 6.42 Å². The molecule has 0 aromatic rings. The minimum atomic E-state index is -3.73. The van der Waals surface area contributed by atoms with Gasteiger partial charge < -0.3 is 10.2 Å². The molecule has 1 amide bonds. The highest BCUT2D eigenvalue weighted by molar-refractivity contribution is 8.09. The van der Waals surface area contributed by atoms with Gasteiger partial charge in [0, 0.05) is 6.42 Å². The Hall–Kier alpha value is 0.190. The summed E-state index contributed by atoms with van der Waals surface area (Å²) in [6.07, 6.45) is -4.01. The summed E-state index contributed by atoms with van der Waals surface area (Å²) < 4.78 is 29.1. The molecule has 0 aliphatic carbocycles. The van der Waals surface area contributed by atoms with Gasteiger partial charge in [0.25, 0.3) is 0 Å². The van der Waals surface area contributed by atoms with Gasteiger partial charge >= 0.3 is 6.11 Å². The topological polar surface area (TPSA) is 58.6 Å². The summed E-state index contributed by atoms with van der Waals surface area (Å²) in [4.78, 5) is 20.0. The summed E-state index contributed by atoms with van der Waals surface area (Å²) in [6.45, 7) is -2.16. The van der Waals surface area contributed by atoms with Gasteiger partial charge in [-0.1, -0.05) is 6.92 Å². The van der Waals surface area contributed by atoms with Crippen molar-refractivity contribution in [1.29, 1.82) is 0 Å². The number of rotatable bonds is 6. The van der Waals surface area contributed by atoms with E-state index in [0.717, 1.165) is 0 Å². The SMILES string of the molecule is CCC(=O)NCP(O)(=S)OC(F)(F)CCl. The quantitative estimate of drug-likeness (QED) is 0.574. The predicted octanol–water partition coefficient (Wildman–Crippen LogP) is 1.62. The van der Waals surface area contributed by atoms with Crippen LogP contribution in [0.5, 0.6) is 0 Å². The van der Waals surface area contributed by atoms with E-state index in [0.29, 0.717) is 0 Å². The Morgan fingerprint density at radius 3 is 2.67 bits per heavy atom. The van der Waals surface area contributed by atoms with Gasteiger partial charge in [-0.25, -0.2) is 0 Å². The molecule has 0 fully saturated rings. The van der Waals surface area contributed by atoms with E-state index >= 15 is 0 Å². The van der Waals surface area contributed by atoms with Crippen LogP contribution in [-0.2, 0) is 21.1 Å². The van der Waals surface area contributed by atoms with E-state index in [1.165, 1.54) is 0 Å². The molecule has 1 atom stereocenters. The van der Waals surface area contributed by atoms with E-state index in [9.17, 15) is 18.5 Å². The lowest BCUT2D eigenvalue weighted by Crippen LogP contribution is -2.27. The second kappa shape index (κ2) is 6.06. The van der Waals surface area contributed by atoms with Crippen LogP contribution in [0.25, 0.3) is 0 Å². The van der Waals surface area contributed by atoms with Gasteiger partial charge in [-0.05, 0) is 11.8 Å². The summed E-state index contributed by atoms with van der Waals surface area (Å²) in [5.74, 6) is -1.51. The molecule has 90 valence electrons. The summed E-state index contributed by atoms with van der Waals surface area (Å²) >= 11 is 9.30. The molecule has 1 unspecified atom stereocenters. The van der Waals surface area contributed by atoms with Crippen molar-refractivity contribution >= 4 is 35.8 Å². The van der Waals surface area contributed by atoms with Gasteiger partial charge in [-0.3, -0.25) is 9.32 Å². The zero-order chi connectivity index (χ0) is 12.1. The average Bonchev–Trinajstić information content (AvgIpc) is 2.13. The lowest BCUT2D eigenvalue weighted by atomic mass is 10.5. The summed E-state index contributed by atoms with van der Waals surface area (Å²) in [5, 5.41) is 2.17. The van der Waals surface area contributed by atoms with Crippen LogP contribution in [0.2, 0.25) is 0 Å². The zero-order valence-electron chi connectivity index (χ0n) is 7.87. The lowest BCUT2D eigenvalue weighted by molar-refractivity contribution is -0.155. The Labute approximate surface area is 96.1 Å². The normalized spacial score (nSPS) is 15.8. The summed E-state index contributed by atoms with van der Waals surface area (Å²) in [6, 6.07) is 0. The van der Waals surface area contributed by atoms with E-state index < -0.39 is 30.7 Å². The third-order valence-corrected chi connectivity index (χ3v) is 3.26. The highest BCUT2D eigenvalue weighted by Gasteiger charge is 2.35. The van der Waals surface area contributed by atoms with Crippen LogP contribution in [0, 0.1) is 0 Å². The van der Waals surface area contributed by atoms with Gasteiger partial charge in [-0.15, -0.1) is 11.6 Å². The van der Waals surface area contributed by atoms with Crippen LogP contribution in [0.15, 0.2) is 0 Å². The number of carbonyl (C=O) groups is 1. The summed E-state index contributed by atoms with van der Waals surface area (Å²) in [7, 11) is 0. The van der Waals surface area contributed by atoms with E-state index in [1.54, 1.807) is 6.92 Å². The molecule has 0 saturated heterocycles. The number of halogens is 3. The standard InChI is InChI=1S/C6H11ClF2NO3PS/c1-2-5(11)10-4-14(12,15)13-6(8,9)3-7/h2-4H2,1H3,(H,10,11)(H,12,15). The summed E-state index contributed by atoms with van der Waals surface area (Å²) in [5.41, 5.74) is 0. The number of hydrogen-bond donors (Lipinski definition) is 2. The molecular weight excluding hydrogens is 271 g/mol. The first-order valence-corrected chi connectivity index (χ1v) is 7.35. The molecule has 0 spiro atoms. The minimum Gasteiger partial charge on any atom is -0.347 e. The van der Waals surface area contributed by atoms with Crippen LogP contribution >= 0.6 is 18.1 Å². The fraction of sp³-hybridized carbons (Fsp3) is 0.833. The lowest BCUT2D eigenvalue weighted by Gasteiger charge is -2.21. The Bertz CT molecular complexity index is 279. The van der Waals surface area contributed by atoms with Crippen LogP contribution in [-0.4, -0.2) is 29.1 Å². The Kier molecular flexibility index (Phi) is 6.13. The maximum atomic E-state index is 12.6. The Morgan fingerprint density at radius 1 is 1.73 bits per heavy atom. The Morgan fingerprint density at radius 2 is 2.27 bits per heavy atom. The number of amides is 1. The Balaban J connectivity index is 4.20. The highest BCUT2D eigenvalue weighted by Crippen LogP contribution is 2.46. The molecule has 0 aromatic carbocycles.